The summed E-state index contributed by atoms with van der Waals surface area (Å²) in [5.74, 6) is 1.47. The molecule has 2 aromatic carbocycles. The van der Waals surface area contributed by atoms with Crippen LogP contribution in [-0.2, 0) is 9.53 Å². The van der Waals surface area contributed by atoms with Crippen LogP contribution in [0.1, 0.15) is 36.0 Å². The lowest BCUT2D eigenvalue weighted by Gasteiger charge is -2.24. The van der Waals surface area contributed by atoms with E-state index in [4.69, 9.17) is 14.5 Å². The highest BCUT2D eigenvalue weighted by atomic mass is 32.2. The number of anilines is 1. The Bertz CT molecular complexity index is 988. The Morgan fingerprint density at radius 1 is 1.16 bits per heavy atom. The number of thioether (sulfide) groups is 1. The molecule has 2 aromatic rings. The van der Waals surface area contributed by atoms with Gasteiger partial charge >= 0.3 is 0 Å². The Hall–Kier alpha value is -2.57. The van der Waals surface area contributed by atoms with E-state index in [1.807, 2.05) is 56.3 Å². The summed E-state index contributed by atoms with van der Waals surface area (Å²) in [6, 6.07) is 13.8. The molecule has 1 fully saturated rings. The molecule has 0 radical (unpaired) electrons. The number of ether oxygens (including phenoxy) is 2. The molecule has 5 nitrogen and oxygen atoms in total. The number of carbonyl (C=O) groups is 1. The average molecular weight is 437 g/mol. The van der Waals surface area contributed by atoms with Gasteiger partial charge in [0.15, 0.2) is 5.17 Å². The minimum absolute atomic E-state index is 0.104. The standard InChI is InChI=1S/C25H28N2O3S/c1-17-12-18(2)14-20(13-17)27-24(28)23(15-19-7-9-21(29-3)10-8-19)26-25(27)31-16-22-6-4-5-11-30-22/h7-10,12-15,22H,4-6,11,16H2,1-3H3/b23-15-/t22-/m0/s1. The number of aryl methyl sites for hydroxylation is 2. The minimum Gasteiger partial charge on any atom is -0.497 e. The SMILES string of the molecule is COc1ccc(/C=C2\N=C(SC[C@@H]3CCCCO3)N(c3cc(C)cc(C)c3)C2=O)cc1. The largest absolute Gasteiger partial charge is 0.497 e. The fourth-order valence-corrected chi connectivity index (χ4v) is 4.94. The molecule has 1 saturated heterocycles. The van der Waals surface area contributed by atoms with Crippen molar-refractivity contribution in [2.45, 2.75) is 39.2 Å². The lowest BCUT2D eigenvalue weighted by molar-refractivity contribution is -0.113. The topological polar surface area (TPSA) is 51.1 Å². The molecule has 0 spiro atoms. The van der Waals surface area contributed by atoms with Crippen molar-refractivity contribution in [1.82, 2.24) is 0 Å². The molecular formula is C25H28N2O3S. The molecule has 1 atom stereocenters. The predicted octanol–water partition coefficient (Wildman–Crippen LogP) is 5.36. The summed E-state index contributed by atoms with van der Waals surface area (Å²) >= 11 is 1.60. The van der Waals surface area contributed by atoms with Crippen LogP contribution in [0, 0.1) is 13.8 Å². The molecule has 4 rings (SSSR count). The van der Waals surface area contributed by atoms with E-state index >= 15 is 0 Å². The third-order valence-electron chi connectivity index (χ3n) is 5.39. The molecule has 0 saturated carbocycles. The van der Waals surface area contributed by atoms with E-state index in [-0.39, 0.29) is 12.0 Å². The van der Waals surface area contributed by atoms with Crippen molar-refractivity contribution in [2.24, 2.45) is 4.99 Å². The van der Waals surface area contributed by atoms with E-state index in [0.717, 1.165) is 53.3 Å². The zero-order valence-corrected chi connectivity index (χ0v) is 19.1. The zero-order valence-electron chi connectivity index (χ0n) is 18.3. The van der Waals surface area contributed by atoms with E-state index in [2.05, 4.69) is 6.07 Å². The lowest BCUT2D eigenvalue weighted by Crippen LogP contribution is -2.32. The van der Waals surface area contributed by atoms with Crippen molar-refractivity contribution in [3.05, 3.63) is 64.9 Å². The number of methoxy groups -OCH3 is 1. The number of hydrogen-bond donors (Lipinski definition) is 0. The van der Waals surface area contributed by atoms with E-state index in [1.165, 1.54) is 6.42 Å². The summed E-state index contributed by atoms with van der Waals surface area (Å²) in [5.41, 5.74) is 4.45. The molecule has 0 aromatic heterocycles. The van der Waals surface area contributed by atoms with Gasteiger partial charge in [-0.3, -0.25) is 9.69 Å². The third-order valence-corrected chi connectivity index (χ3v) is 6.46. The van der Waals surface area contributed by atoms with Crippen molar-refractivity contribution in [3.63, 3.8) is 0 Å². The number of benzene rings is 2. The van der Waals surface area contributed by atoms with E-state index in [0.29, 0.717) is 10.9 Å². The first kappa shape index (κ1) is 21.7. The Morgan fingerprint density at radius 3 is 2.55 bits per heavy atom. The van der Waals surface area contributed by atoms with Gasteiger partial charge in [0, 0.05) is 12.4 Å². The first-order valence-corrected chi connectivity index (χ1v) is 11.6. The molecule has 2 aliphatic rings. The number of amides is 1. The van der Waals surface area contributed by atoms with Crippen LogP contribution in [0.5, 0.6) is 5.75 Å². The third kappa shape index (κ3) is 5.20. The van der Waals surface area contributed by atoms with Crippen LogP contribution in [0.15, 0.2) is 53.2 Å². The molecule has 0 unspecified atom stereocenters. The van der Waals surface area contributed by atoms with Gasteiger partial charge in [-0.1, -0.05) is 30.0 Å². The second-order valence-corrected chi connectivity index (χ2v) is 8.97. The highest BCUT2D eigenvalue weighted by Gasteiger charge is 2.33. The van der Waals surface area contributed by atoms with Gasteiger partial charge in [-0.2, -0.15) is 0 Å². The fraction of sp³-hybridized carbons (Fsp3) is 0.360. The van der Waals surface area contributed by atoms with Crippen molar-refractivity contribution in [2.75, 3.05) is 24.4 Å². The van der Waals surface area contributed by atoms with Crippen molar-refractivity contribution < 1.29 is 14.3 Å². The fourth-order valence-electron chi connectivity index (χ4n) is 3.86. The maximum absolute atomic E-state index is 13.4. The molecule has 6 heteroatoms. The quantitative estimate of drug-likeness (QED) is 0.592. The van der Waals surface area contributed by atoms with Crippen LogP contribution in [0.3, 0.4) is 0 Å². The molecule has 2 aliphatic heterocycles. The van der Waals surface area contributed by atoms with Crippen LogP contribution >= 0.6 is 11.8 Å². The van der Waals surface area contributed by atoms with Crippen LogP contribution in [-0.4, -0.2) is 36.6 Å². The molecular weight excluding hydrogens is 408 g/mol. The Morgan fingerprint density at radius 2 is 1.90 bits per heavy atom. The van der Waals surface area contributed by atoms with Gasteiger partial charge in [0.1, 0.15) is 11.4 Å². The first-order valence-electron chi connectivity index (χ1n) is 10.6. The van der Waals surface area contributed by atoms with Gasteiger partial charge in [0.05, 0.1) is 18.9 Å². The van der Waals surface area contributed by atoms with Gasteiger partial charge in [-0.05, 0) is 80.1 Å². The van der Waals surface area contributed by atoms with E-state index < -0.39 is 0 Å². The normalized spacial score (nSPS) is 20.3. The smallest absolute Gasteiger partial charge is 0.283 e. The Kier molecular flexibility index (Phi) is 6.78. The monoisotopic (exact) mass is 436 g/mol. The second-order valence-electron chi connectivity index (χ2n) is 7.98. The molecule has 162 valence electrons. The molecule has 0 aliphatic carbocycles. The summed E-state index contributed by atoms with van der Waals surface area (Å²) < 4.78 is 11.1. The first-order chi connectivity index (χ1) is 15.0. The number of amidine groups is 1. The van der Waals surface area contributed by atoms with E-state index in [9.17, 15) is 4.79 Å². The number of aliphatic imine (C=N–C) groups is 1. The minimum atomic E-state index is -0.104. The van der Waals surface area contributed by atoms with Gasteiger partial charge in [-0.25, -0.2) is 4.99 Å². The number of hydrogen-bond acceptors (Lipinski definition) is 5. The van der Waals surface area contributed by atoms with Crippen LogP contribution in [0.2, 0.25) is 0 Å². The van der Waals surface area contributed by atoms with Gasteiger partial charge in [-0.15, -0.1) is 0 Å². The van der Waals surface area contributed by atoms with Crippen molar-refractivity contribution in [1.29, 1.82) is 0 Å². The lowest BCUT2D eigenvalue weighted by atomic mass is 10.1. The average Bonchev–Trinajstić information content (AvgIpc) is 3.08. The molecule has 0 bridgehead atoms. The summed E-state index contributed by atoms with van der Waals surface area (Å²) in [6.07, 6.45) is 5.44. The van der Waals surface area contributed by atoms with Gasteiger partial charge in [0.2, 0.25) is 0 Å². The number of rotatable bonds is 5. The maximum Gasteiger partial charge on any atom is 0.283 e. The summed E-state index contributed by atoms with van der Waals surface area (Å²) in [7, 11) is 1.64. The highest BCUT2D eigenvalue weighted by Crippen LogP contribution is 2.32. The van der Waals surface area contributed by atoms with Crippen LogP contribution < -0.4 is 9.64 Å². The molecule has 1 amide bonds. The maximum atomic E-state index is 13.4. The van der Waals surface area contributed by atoms with Gasteiger partial charge in [0.25, 0.3) is 5.91 Å². The summed E-state index contributed by atoms with van der Waals surface area (Å²) in [4.78, 5) is 19.9. The Balaban J connectivity index is 1.63. The highest BCUT2D eigenvalue weighted by molar-refractivity contribution is 8.14. The predicted molar refractivity (Wildman–Crippen MR) is 128 cm³/mol. The zero-order chi connectivity index (χ0) is 21.8. The van der Waals surface area contributed by atoms with Gasteiger partial charge < -0.3 is 9.47 Å². The van der Waals surface area contributed by atoms with E-state index in [1.54, 1.807) is 23.8 Å². The van der Waals surface area contributed by atoms with Crippen molar-refractivity contribution >= 4 is 34.6 Å². The van der Waals surface area contributed by atoms with Crippen molar-refractivity contribution in [3.8, 4) is 5.75 Å². The number of carbonyl (C=O) groups excluding carboxylic acids is 1. The second kappa shape index (κ2) is 9.71. The molecule has 0 N–H and O–H groups in total. The summed E-state index contributed by atoms with van der Waals surface area (Å²) in [5, 5.41) is 0.712. The van der Waals surface area contributed by atoms with Crippen LogP contribution in [0.4, 0.5) is 5.69 Å². The summed E-state index contributed by atoms with van der Waals surface area (Å²) in [6.45, 7) is 4.91. The Labute approximate surface area is 188 Å². The number of nitrogens with zero attached hydrogens (tertiary/aromatic N) is 2. The molecule has 31 heavy (non-hydrogen) atoms. The molecule has 2 heterocycles. The van der Waals surface area contributed by atoms with Crippen LogP contribution in [0.25, 0.3) is 6.08 Å².